The number of hydrogen-bond acceptors (Lipinski definition) is 4. The van der Waals surface area contributed by atoms with Crippen LogP contribution < -0.4 is 11.1 Å². The third-order valence-corrected chi connectivity index (χ3v) is 2.87. The lowest BCUT2D eigenvalue weighted by Crippen LogP contribution is -2.12. The van der Waals surface area contributed by atoms with Gasteiger partial charge in [-0.3, -0.25) is 4.79 Å². The first kappa shape index (κ1) is 10.1. The molecule has 1 aliphatic rings. The van der Waals surface area contributed by atoms with E-state index in [0.29, 0.717) is 17.2 Å². The van der Waals surface area contributed by atoms with Gasteiger partial charge in [-0.25, -0.2) is 4.52 Å². The van der Waals surface area contributed by atoms with E-state index in [4.69, 9.17) is 5.73 Å². The van der Waals surface area contributed by atoms with E-state index in [1.807, 2.05) is 0 Å². The minimum absolute atomic E-state index is 0.388. The number of fused-ring (bicyclic) bond motifs is 1. The standard InChI is InChI=1S/C11H13N5O/c12-9(17)8-2-1-5-16-10(8)14-11(15-16)13-6-7-3-4-7/h1-2,5,7H,3-4,6H2,(H2,12,17)(H,13,15). The Morgan fingerprint density at radius 1 is 1.59 bits per heavy atom. The number of nitrogens with zero attached hydrogens (tertiary/aromatic N) is 3. The van der Waals surface area contributed by atoms with Crippen LogP contribution in [0, 0.1) is 5.92 Å². The lowest BCUT2D eigenvalue weighted by molar-refractivity contribution is 0.100. The monoisotopic (exact) mass is 231 g/mol. The Balaban J connectivity index is 1.93. The molecule has 2 aromatic heterocycles. The number of primary amides is 1. The fourth-order valence-corrected chi connectivity index (χ4v) is 1.73. The highest BCUT2D eigenvalue weighted by Crippen LogP contribution is 2.28. The van der Waals surface area contributed by atoms with Crippen LogP contribution in [-0.4, -0.2) is 27.0 Å². The summed E-state index contributed by atoms with van der Waals surface area (Å²) in [6.07, 6.45) is 4.29. The summed E-state index contributed by atoms with van der Waals surface area (Å²) >= 11 is 0. The van der Waals surface area contributed by atoms with E-state index < -0.39 is 5.91 Å². The topological polar surface area (TPSA) is 85.3 Å². The largest absolute Gasteiger partial charge is 0.365 e. The molecule has 2 aromatic rings. The number of hydrogen-bond donors (Lipinski definition) is 2. The molecule has 0 atom stereocenters. The fraction of sp³-hybridized carbons (Fsp3) is 0.364. The molecule has 3 rings (SSSR count). The Bertz CT molecular complexity index is 572. The first-order valence-electron chi connectivity index (χ1n) is 5.63. The van der Waals surface area contributed by atoms with Gasteiger partial charge in [0.25, 0.3) is 5.91 Å². The van der Waals surface area contributed by atoms with Crippen molar-refractivity contribution >= 4 is 17.5 Å². The van der Waals surface area contributed by atoms with Crippen molar-refractivity contribution < 1.29 is 4.79 Å². The number of pyridine rings is 1. The summed E-state index contributed by atoms with van der Waals surface area (Å²) in [4.78, 5) is 15.5. The molecule has 17 heavy (non-hydrogen) atoms. The Kier molecular flexibility index (Phi) is 2.21. The molecular formula is C11H13N5O. The Labute approximate surface area is 97.8 Å². The molecule has 0 spiro atoms. The van der Waals surface area contributed by atoms with Crippen LogP contribution in [0.1, 0.15) is 23.2 Å². The third kappa shape index (κ3) is 1.93. The van der Waals surface area contributed by atoms with Crippen LogP contribution in [0.15, 0.2) is 18.3 Å². The predicted octanol–water partition coefficient (Wildman–Crippen LogP) is 0.650. The highest BCUT2D eigenvalue weighted by Gasteiger charge is 2.21. The lowest BCUT2D eigenvalue weighted by Gasteiger charge is -1.96. The molecule has 0 bridgehead atoms. The van der Waals surface area contributed by atoms with E-state index in [1.54, 1.807) is 22.8 Å². The summed E-state index contributed by atoms with van der Waals surface area (Å²) in [5, 5.41) is 7.41. The summed E-state index contributed by atoms with van der Waals surface area (Å²) < 4.78 is 1.56. The number of carbonyl (C=O) groups is 1. The van der Waals surface area contributed by atoms with Crippen LogP contribution in [0.2, 0.25) is 0 Å². The number of nitrogens with one attached hydrogen (secondary N) is 1. The summed E-state index contributed by atoms with van der Waals surface area (Å²) in [7, 11) is 0. The number of anilines is 1. The van der Waals surface area contributed by atoms with Gasteiger partial charge in [-0.15, -0.1) is 5.10 Å². The normalized spacial score (nSPS) is 15.1. The van der Waals surface area contributed by atoms with Crippen molar-refractivity contribution in [1.82, 2.24) is 14.6 Å². The van der Waals surface area contributed by atoms with Gasteiger partial charge in [0.15, 0.2) is 5.65 Å². The summed E-state index contributed by atoms with van der Waals surface area (Å²) in [6.45, 7) is 0.892. The summed E-state index contributed by atoms with van der Waals surface area (Å²) in [5.41, 5.74) is 6.17. The Morgan fingerprint density at radius 3 is 3.12 bits per heavy atom. The predicted molar refractivity (Wildman–Crippen MR) is 62.7 cm³/mol. The molecule has 88 valence electrons. The molecule has 0 aliphatic heterocycles. The van der Waals surface area contributed by atoms with Crippen molar-refractivity contribution in [1.29, 1.82) is 0 Å². The van der Waals surface area contributed by atoms with Crippen molar-refractivity contribution in [3.8, 4) is 0 Å². The highest BCUT2D eigenvalue weighted by molar-refractivity contribution is 5.98. The van der Waals surface area contributed by atoms with Gasteiger partial charge in [-0.05, 0) is 30.9 Å². The summed E-state index contributed by atoms with van der Waals surface area (Å²) in [6, 6.07) is 3.38. The smallest absolute Gasteiger partial charge is 0.252 e. The average molecular weight is 231 g/mol. The molecule has 1 amide bonds. The molecule has 6 nitrogen and oxygen atoms in total. The maximum atomic E-state index is 11.2. The van der Waals surface area contributed by atoms with Gasteiger partial charge in [0.05, 0.1) is 5.56 Å². The van der Waals surface area contributed by atoms with Crippen LogP contribution in [0.3, 0.4) is 0 Å². The van der Waals surface area contributed by atoms with Crippen LogP contribution in [0.4, 0.5) is 5.95 Å². The zero-order valence-corrected chi connectivity index (χ0v) is 9.26. The fourth-order valence-electron chi connectivity index (χ4n) is 1.73. The minimum Gasteiger partial charge on any atom is -0.365 e. The molecule has 6 heteroatoms. The quantitative estimate of drug-likeness (QED) is 0.809. The van der Waals surface area contributed by atoms with E-state index >= 15 is 0 Å². The van der Waals surface area contributed by atoms with E-state index in [0.717, 1.165) is 12.5 Å². The van der Waals surface area contributed by atoms with E-state index in [-0.39, 0.29) is 0 Å². The SMILES string of the molecule is NC(=O)c1cccn2nc(NCC3CC3)nc12. The van der Waals surface area contributed by atoms with Crippen molar-refractivity contribution in [3.05, 3.63) is 23.9 Å². The molecule has 0 saturated heterocycles. The third-order valence-electron chi connectivity index (χ3n) is 2.87. The minimum atomic E-state index is -0.489. The Morgan fingerprint density at radius 2 is 2.41 bits per heavy atom. The number of aromatic nitrogens is 3. The number of nitrogens with two attached hydrogens (primary N) is 1. The van der Waals surface area contributed by atoms with E-state index in [2.05, 4.69) is 15.4 Å². The van der Waals surface area contributed by atoms with Gasteiger partial charge in [0.1, 0.15) is 0 Å². The van der Waals surface area contributed by atoms with E-state index in [9.17, 15) is 4.79 Å². The molecule has 2 heterocycles. The first-order chi connectivity index (χ1) is 8.24. The number of amides is 1. The molecule has 0 radical (unpaired) electrons. The van der Waals surface area contributed by atoms with Crippen molar-refractivity contribution in [2.45, 2.75) is 12.8 Å². The average Bonchev–Trinajstić information content (AvgIpc) is 3.04. The van der Waals surface area contributed by atoms with Gasteiger partial charge >= 0.3 is 0 Å². The molecule has 1 aliphatic carbocycles. The molecule has 0 aromatic carbocycles. The maximum absolute atomic E-state index is 11.2. The molecule has 0 unspecified atom stereocenters. The van der Waals surface area contributed by atoms with Crippen molar-refractivity contribution in [2.75, 3.05) is 11.9 Å². The number of rotatable bonds is 4. The second-order valence-corrected chi connectivity index (χ2v) is 4.31. The second-order valence-electron chi connectivity index (χ2n) is 4.31. The highest BCUT2D eigenvalue weighted by atomic mass is 16.1. The molecular weight excluding hydrogens is 218 g/mol. The number of carbonyl (C=O) groups excluding carboxylic acids is 1. The van der Waals surface area contributed by atoms with Gasteiger partial charge in [-0.2, -0.15) is 4.98 Å². The van der Waals surface area contributed by atoms with Gasteiger partial charge < -0.3 is 11.1 Å². The molecule has 1 saturated carbocycles. The zero-order valence-electron chi connectivity index (χ0n) is 9.26. The van der Waals surface area contributed by atoms with Crippen LogP contribution in [0.25, 0.3) is 5.65 Å². The second kappa shape index (κ2) is 3.73. The van der Waals surface area contributed by atoms with Crippen LogP contribution >= 0.6 is 0 Å². The van der Waals surface area contributed by atoms with Gasteiger partial charge in [0, 0.05) is 12.7 Å². The van der Waals surface area contributed by atoms with Crippen LogP contribution in [0.5, 0.6) is 0 Å². The van der Waals surface area contributed by atoms with Gasteiger partial charge in [-0.1, -0.05) is 0 Å². The maximum Gasteiger partial charge on any atom is 0.252 e. The molecule has 1 fully saturated rings. The summed E-state index contributed by atoms with van der Waals surface area (Å²) in [5.74, 6) is 0.805. The lowest BCUT2D eigenvalue weighted by atomic mass is 10.2. The van der Waals surface area contributed by atoms with Gasteiger partial charge in [0.2, 0.25) is 5.95 Å². The van der Waals surface area contributed by atoms with Crippen molar-refractivity contribution in [3.63, 3.8) is 0 Å². The first-order valence-corrected chi connectivity index (χ1v) is 5.63. The zero-order chi connectivity index (χ0) is 11.8. The van der Waals surface area contributed by atoms with Crippen molar-refractivity contribution in [2.24, 2.45) is 11.7 Å². The van der Waals surface area contributed by atoms with E-state index in [1.165, 1.54) is 12.8 Å². The molecule has 3 N–H and O–H groups in total. The Hall–Kier alpha value is -2.11. The van der Waals surface area contributed by atoms with Crippen LogP contribution in [-0.2, 0) is 0 Å².